The molecule has 36 heavy (non-hydrogen) atoms. The van der Waals surface area contributed by atoms with Crippen molar-refractivity contribution < 1.29 is 17.7 Å². The number of sulfonamides is 1. The summed E-state index contributed by atoms with van der Waals surface area (Å²) in [6, 6.07) is 14.0. The van der Waals surface area contributed by atoms with E-state index in [1.165, 1.54) is 16.4 Å². The maximum atomic E-state index is 12.9. The molecule has 1 aliphatic heterocycles. The van der Waals surface area contributed by atoms with Gasteiger partial charge in [0, 0.05) is 35.4 Å². The van der Waals surface area contributed by atoms with Crippen LogP contribution >= 0.6 is 15.9 Å². The van der Waals surface area contributed by atoms with Gasteiger partial charge in [-0.3, -0.25) is 9.69 Å². The summed E-state index contributed by atoms with van der Waals surface area (Å²) in [5.41, 5.74) is 1.45. The number of amides is 1. The molecule has 1 fully saturated rings. The van der Waals surface area contributed by atoms with E-state index in [9.17, 15) is 13.2 Å². The molecule has 9 nitrogen and oxygen atoms in total. The highest BCUT2D eigenvalue weighted by Crippen LogP contribution is 2.23. The number of nitrogens with zero attached hydrogens (tertiary/aromatic N) is 4. The van der Waals surface area contributed by atoms with E-state index in [0.717, 1.165) is 29.4 Å². The van der Waals surface area contributed by atoms with Gasteiger partial charge in [-0.25, -0.2) is 8.42 Å². The van der Waals surface area contributed by atoms with Gasteiger partial charge in [0.25, 0.3) is 0 Å². The number of likely N-dealkylation sites (tertiary alicyclic amines) is 1. The summed E-state index contributed by atoms with van der Waals surface area (Å²) in [5, 5.41) is 7.02. The predicted octanol–water partition coefficient (Wildman–Crippen LogP) is 4.38. The third-order valence-electron chi connectivity index (χ3n) is 6.27. The predicted molar refractivity (Wildman–Crippen MR) is 141 cm³/mol. The molecule has 0 radical (unpaired) electrons. The van der Waals surface area contributed by atoms with Crippen LogP contribution in [0.2, 0.25) is 0 Å². The van der Waals surface area contributed by atoms with Crippen LogP contribution in [-0.2, 0) is 21.4 Å². The monoisotopic (exact) mass is 575 g/mol. The number of hydrogen-bond acceptors (Lipinski definition) is 7. The van der Waals surface area contributed by atoms with E-state index in [1.807, 2.05) is 38.1 Å². The molecule has 2 aromatic carbocycles. The number of anilines is 1. The first kappa shape index (κ1) is 26.5. The molecule has 1 saturated heterocycles. The highest BCUT2D eigenvalue weighted by atomic mass is 79.9. The lowest BCUT2D eigenvalue weighted by Crippen LogP contribution is -2.40. The molecule has 1 unspecified atom stereocenters. The zero-order valence-electron chi connectivity index (χ0n) is 20.4. The Kier molecular flexibility index (Phi) is 8.55. The van der Waals surface area contributed by atoms with E-state index in [1.54, 1.807) is 12.1 Å². The van der Waals surface area contributed by atoms with Gasteiger partial charge in [0.2, 0.25) is 27.6 Å². The summed E-state index contributed by atoms with van der Waals surface area (Å²) in [5.74, 6) is 0.779. The second-order valence-corrected chi connectivity index (χ2v) is 11.5. The van der Waals surface area contributed by atoms with Crippen molar-refractivity contribution >= 4 is 37.5 Å². The first-order valence-corrected chi connectivity index (χ1v) is 14.3. The molecule has 0 bridgehead atoms. The Labute approximate surface area is 220 Å². The Morgan fingerprint density at radius 2 is 1.83 bits per heavy atom. The summed E-state index contributed by atoms with van der Waals surface area (Å²) in [7, 11) is -3.53. The van der Waals surface area contributed by atoms with Crippen molar-refractivity contribution in [2.24, 2.45) is 5.92 Å². The summed E-state index contributed by atoms with van der Waals surface area (Å²) in [4.78, 5) is 19.8. The summed E-state index contributed by atoms with van der Waals surface area (Å²) in [6.07, 6.45) is 1.66. The molecular weight excluding hydrogens is 546 g/mol. The SMILES string of the molecule is CCN(CC)S(=O)(=O)c1ccc(NC(=O)C2CCCN(Cc3nc(-c4ccc(Br)cc4)no3)C2)cc1. The molecule has 0 saturated carbocycles. The van der Waals surface area contributed by atoms with E-state index >= 15 is 0 Å². The van der Waals surface area contributed by atoms with Crippen LogP contribution in [0.25, 0.3) is 11.4 Å². The number of carbonyl (C=O) groups is 1. The van der Waals surface area contributed by atoms with E-state index < -0.39 is 10.0 Å². The van der Waals surface area contributed by atoms with Crippen molar-refractivity contribution in [2.45, 2.75) is 38.1 Å². The number of halogens is 1. The molecule has 11 heteroatoms. The van der Waals surface area contributed by atoms with Gasteiger partial charge >= 0.3 is 0 Å². The van der Waals surface area contributed by atoms with E-state index in [-0.39, 0.29) is 16.7 Å². The van der Waals surface area contributed by atoms with Gasteiger partial charge in [-0.1, -0.05) is 34.9 Å². The molecule has 1 aromatic heterocycles. The van der Waals surface area contributed by atoms with Crippen LogP contribution in [0.1, 0.15) is 32.6 Å². The summed E-state index contributed by atoms with van der Waals surface area (Å²) >= 11 is 3.42. The molecule has 1 atom stereocenters. The van der Waals surface area contributed by atoms with Crippen molar-refractivity contribution in [1.82, 2.24) is 19.3 Å². The van der Waals surface area contributed by atoms with Crippen molar-refractivity contribution in [3.05, 3.63) is 58.9 Å². The zero-order chi connectivity index (χ0) is 25.7. The first-order chi connectivity index (χ1) is 17.3. The van der Waals surface area contributed by atoms with Gasteiger partial charge in [0.1, 0.15) is 0 Å². The standard InChI is InChI=1S/C25H30BrN5O4S/c1-3-31(4-2)36(33,34)22-13-11-21(12-14-22)27-25(32)19-6-5-15-30(16-19)17-23-28-24(29-35-23)18-7-9-20(26)10-8-18/h7-14,19H,3-6,15-17H2,1-2H3,(H,27,32). The largest absolute Gasteiger partial charge is 0.338 e. The summed E-state index contributed by atoms with van der Waals surface area (Å²) < 4.78 is 33.2. The lowest BCUT2D eigenvalue weighted by atomic mass is 9.97. The number of hydrogen-bond donors (Lipinski definition) is 1. The van der Waals surface area contributed by atoms with Crippen molar-refractivity contribution in [2.75, 3.05) is 31.5 Å². The lowest BCUT2D eigenvalue weighted by molar-refractivity contribution is -0.121. The smallest absolute Gasteiger partial charge is 0.243 e. The maximum absolute atomic E-state index is 12.9. The summed E-state index contributed by atoms with van der Waals surface area (Å²) in [6.45, 7) is 6.33. The zero-order valence-corrected chi connectivity index (χ0v) is 22.8. The lowest BCUT2D eigenvalue weighted by Gasteiger charge is -2.30. The molecule has 1 aliphatic rings. The Bertz CT molecular complexity index is 1270. The molecule has 0 aliphatic carbocycles. The van der Waals surface area contributed by atoms with Gasteiger partial charge in [0.05, 0.1) is 17.4 Å². The van der Waals surface area contributed by atoms with Gasteiger partial charge in [-0.05, 0) is 67.9 Å². The molecule has 192 valence electrons. The normalized spacial score (nSPS) is 16.8. The van der Waals surface area contributed by atoms with Gasteiger partial charge in [0.15, 0.2) is 0 Å². The average molecular weight is 577 g/mol. The van der Waals surface area contributed by atoms with Crippen LogP contribution in [0.5, 0.6) is 0 Å². The molecule has 2 heterocycles. The number of rotatable bonds is 9. The van der Waals surface area contributed by atoms with Crippen molar-refractivity contribution in [3.8, 4) is 11.4 Å². The van der Waals surface area contributed by atoms with Crippen LogP contribution in [0.3, 0.4) is 0 Å². The van der Waals surface area contributed by atoms with Gasteiger partial charge < -0.3 is 9.84 Å². The molecule has 4 rings (SSSR count). The fourth-order valence-electron chi connectivity index (χ4n) is 4.31. The van der Waals surface area contributed by atoms with E-state index in [4.69, 9.17) is 4.52 Å². The highest BCUT2D eigenvalue weighted by molar-refractivity contribution is 9.10. The second kappa shape index (κ2) is 11.6. The molecular formula is C25H30BrN5O4S. The molecule has 1 N–H and O–H groups in total. The third-order valence-corrected chi connectivity index (χ3v) is 8.86. The Balaban J connectivity index is 1.34. The average Bonchev–Trinajstić information content (AvgIpc) is 3.34. The topological polar surface area (TPSA) is 109 Å². The fraction of sp³-hybridized carbons (Fsp3) is 0.400. The highest BCUT2D eigenvalue weighted by Gasteiger charge is 2.27. The number of piperidine rings is 1. The quantitative estimate of drug-likeness (QED) is 0.403. The Morgan fingerprint density at radius 1 is 1.14 bits per heavy atom. The minimum atomic E-state index is -3.53. The minimum Gasteiger partial charge on any atom is -0.338 e. The molecule has 0 spiro atoms. The van der Waals surface area contributed by atoms with Crippen molar-refractivity contribution in [3.63, 3.8) is 0 Å². The Morgan fingerprint density at radius 3 is 2.50 bits per heavy atom. The van der Waals surface area contributed by atoms with Crippen LogP contribution in [0.15, 0.2) is 62.4 Å². The number of aromatic nitrogens is 2. The van der Waals surface area contributed by atoms with Crippen LogP contribution in [0, 0.1) is 5.92 Å². The molecule has 3 aromatic rings. The number of benzene rings is 2. The number of nitrogens with one attached hydrogen (secondary N) is 1. The maximum Gasteiger partial charge on any atom is 0.243 e. The second-order valence-electron chi connectivity index (χ2n) is 8.70. The van der Waals surface area contributed by atoms with E-state index in [2.05, 4.69) is 36.3 Å². The van der Waals surface area contributed by atoms with Gasteiger partial charge in [-0.15, -0.1) is 0 Å². The fourth-order valence-corrected chi connectivity index (χ4v) is 6.03. The van der Waals surface area contributed by atoms with Crippen LogP contribution in [-0.4, -0.2) is 59.8 Å². The minimum absolute atomic E-state index is 0.0832. The van der Waals surface area contributed by atoms with Crippen molar-refractivity contribution in [1.29, 1.82) is 0 Å². The third kappa shape index (κ3) is 6.20. The van der Waals surface area contributed by atoms with Crippen LogP contribution < -0.4 is 5.32 Å². The molecule has 1 amide bonds. The number of carbonyl (C=O) groups excluding carboxylic acids is 1. The van der Waals surface area contributed by atoms with E-state index in [0.29, 0.717) is 43.6 Å². The van der Waals surface area contributed by atoms with Crippen LogP contribution in [0.4, 0.5) is 5.69 Å². The van der Waals surface area contributed by atoms with Gasteiger partial charge in [-0.2, -0.15) is 9.29 Å². The Hall–Kier alpha value is -2.60. The first-order valence-electron chi connectivity index (χ1n) is 12.0.